The second-order valence-electron chi connectivity index (χ2n) is 4.21. The Balaban J connectivity index is 3.59. The number of rotatable bonds is 10. The van der Waals surface area contributed by atoms with Crippen molar-refractivity contribution in [3.63, 3.8) is 0 Å². The normalized spacial score (nSPS) is 11.0. The first-order valence-corrected chi connectivity index (χ1v) is 5.69. The fourth-order valence-electron chi connectivity index (χ4n) is 1.22. The van der Waals surface area contributed by atoms with Crippen LogP contribution in [0.25, 0.3) is 0 Å². The van der Waals surface area contributed by atoms with Gasteiger partial charge in [0, 0.05) is 19.7 Å². The number of carboxylic acid groups (broad SMARTS) is 1. The maximum Gasteiger partial charge on any atom is 0.317 e. The lowest BCUT2D eigenvalue weighted by Crippen LogP contribution is -2.33. The van der Waals surface area contributed by atoms with E-state index in [0.29, 0.717) is 25.6 Å². The molecule has 0 aliphatic rings. The number of aliphatic carboxylic acids is 1. The molecule has 1 N–H and O–H groups in total. The van der Waals surface area contributed by atoms with Crippen LogP contribution in [0.2, 0.25) is 0 Å². The van der Waals surface area contributed by atoms with Gasteiger partial charge in [-0.15, -0.1) is 6.58 Å². The second-order valence-corrected chi connectivity index (χ2v) is 4.21. The lowest BCUT2D eigenvalue weighted by atomic mass is 10.1. The molecule has 0 aliphatic carbocycles. The van der Waals surface area contributed by atoms with Crippen molar-refractivity contribution in [1.29, 1.82) is 0 Å². The van der Waals surface area contributed by atoms with Crippen LogP contribution < -0.4 is 0 Å². The fourth-order valence-corrected chi connectivity index (χ4v) is 1.22. The van der Waals surface area contributed by atoms with E-state index in [9.17, 15) is 4.79 Å². The van der Waals surface area contributed by atoms with Crippen molar-refractivity contribution in [2.24, 2.45) is 5.92 Å². The Bertz CT molecular complexity index is 204. The maximum atomic E-state index is 10.5. The van der Waals surface area contributed by atoms with Gasteiger partial charge in [0.2, 0.25) is 0 Å². The van der Waals surface area contributed by atoms with Gasteiger partial charge in [-0.3, -0.25) is 9.69 Å². The average Bonchev–Trinajstić information content (AvgIpc) is 2.16. The number of carbonyl (C=O) groups is 1. The molecule has 0 aromatic heterocycles. The summed E-state index contributed by atoms with van der Waals surface area (Å²) in [7, 11) is 0. The molecule has 0 spiro atoms. The van der Waals surface area contributed by atoms with Crippen LogP contribution in [0, 0.1) is 5.92 Å². The summed E-state index contributed by atoms with van der Waals surface area (Å²) in [5.41, 5.74) is 0. The molecule has 0 fully saturated rings. The molecule has 0 heterocycles. The van der Waals surface area contributed by atoms with Gasteiger partial charge in [0.05, 0.1) is 13.2 Å². The van der Waals surface area contributed by atoms with Crippen molar-refractivity contribution in [3.8, 4) is 0 Å². The van der Waals surface area contributed by atoms with Crippen LogP contribution in [0.15, 0.2) is 12.7 Å². The summed E-state index contributed by atoms with van der Waals surface area (Å²) in [6, 6.07) is 0. The Hall–Kier alpha value is -0.870. The molecule has 94 valence electrons. The fraction of sp³-hybridized carbons (Fsp3) is 0.750. The van der Waals surface area contributed by atoms with E-state index in [0.717, 1.165) is 13.0 Å². The van der Waals surface area contributed by atoms with Crippen LogP contribution >= 0.6 is 0 Å². The maximum absolute atomic E-state index is 10.5. The van der Waals surface area contributed by atoms with Gasteiger partial charge in [-0.25, -0.2) is 0 Å². The van der Waals surface area contributed by atoms with Crippen LogP contribution in [-0.2, 0) is 9.53 Å². The van der Waals surface area contributed by atoms with Crippen molar-refractivity contribution in [3.05, 3.63) is 12.7 Å². The van der Waals surface area contributed by atoms with Crippen molar-refractivity contribution in [2.75, 3.05) is 32.8 Å². The first-order valence-electron chi connectivity index (χ1n) is 5.69. The minimum atomic E-state index is -0.816. The number of carboxylic acids is 1. The first kappa shape index (κ1) is 15.1. The Morgan fingerprint density at radius 2 is 2.19 bits per heavy atom. The molecule has 0 saturated carbocycles. The minimum Gasteiger partial charge on any atom is -0.480 e. The zero-order valence-electron chi connectivity index (χ0n) is 10.3. The van der Waals surface area contributed by atoms with Crippen LogP contribution in [0.1, 0.15) is 20.3 Å². The van der Waals surface area contributed by atoms with Gasteiger partial charge < -0.3 is 9.84 Å². The predicted octanol–water partition coefficient (Wildman–Crippen LogP) is 1.62. The molecule has 0 aromatic rings. The van der Waals surface area contributed by atoms with E-state index < -0.39 is 5.97 Å². The lowest BCUT2D eigenvalue weighted by molar-refractivity contribution is -0.138. The monoisotopic (exact) mass is 229 g/mol. The summed E-state index contributed by atoms with van der Waals surface area (Å²) in [6.45, 7) is 10.5. The predicted molar refractivity (Wildman–Crippen MR) is 64.5 cm³/mol. The smallest absolute Gasteiger partial charge is 0.317 e. The van der Waals surface area contributed by atoms with Gasteiger partial charge in [-0.1, -0.05) is 19.9 Å². The molecule has 4 nitrogen and oxygen atoms in total. The number of hydrogen-bond donors (Lipinski definition) is 1. The average molecular weight is 229 g/mol. The van der Waals surface area contributed by atoms with Gasteiger partial charge in [-0.2, -0.15) is 0 Å². The van der Waals surface area contributed by atoms with E-state index in [4.69, 9.17) is 9.84 Å². The quantitative estimate of drug-likeness (QED) is 0.457. The van der Waals surface area contributed by atoms with Crippen LogP contribution in [0.3, 0.4) is 0 Å². The number of hydrogen-bond acceptors (Lipinski definition) is 3. The molecule has 16 heavy (non-hydrogen) atoms. The van der Waals surface area contributed by atoms with Gasteiger partial charge in [0.25, 0.3) is 0 Å². The summed E-state index contributed by atoms with van der Waals surface area (Å²) >= 11 is 0. The van der Waals surface area contributed by atoms with E-state index in [1.165, 1.54) is 0 Å². The molecule has 0 saturated heterocycles. The highest BCUT2D eigenvalue weighted by Gasteiger charge is 2.07. The SMILES string of the molecule is C=CCN(CCOCCC(C)C)CC(=O)O. The molecular weight excluding hydrogens is 206 g/mol. The summed E-state index contributed by atoms with van der Waals surface area (Å²) in [4.78, 5) is 12.3. The second kappa shape index (κ2) is 9.36. The molecule has 0 rings (SSSR count). The molecule has 0 aliphatic heterocycles. The number of nitrogens with zero attached hydrogens (tertiary/aromatic N) is 1. The largest absolute Gasteiger partial charge is 0.480 e. The summed E-state index contributed by atoms with van der Waals surface area (Å²) < 4.78 is 5.43. The molecule has 4 heteroatoms. The summed E-state index contributed by atoms with van der Waals surface area (Å²) in [5.74, 6) is -0.174. The van der Waals surface area contributed by atoms with Gasteiger partial charge in [0.15, 0.2) is 0 Å². The highest BCUT2D eigenvalue weighted by atomic mass is 16.5. The molecule has 0 bridgehead atoms. The Morgan fingerprint density at radius 3 is 2.69 bits per heavy atom. The Labute approximate surface area is 97.9 Å². The van der Waals surface area contributed by atoms with Gasteiger partial charge in [0.1, 0.15) is 0 Å². The lowest BCUT2D eigenvalue weighted by Gasteiger charge is -2.18. The third kappa shape index (κ3) is 9.68. The van der Waals surface area contributed by atoms with Crippen LogP contribution in [0.5, 0.6) is 0 Å². The van der Waals surface area contributed by atoms with Gasteiger partial charge in [-0.05, 0) is 12.3 Å². The Kier molecular flexibility index (Phi) is 8.85. The molecule has 0 unspecified atom stereocenters. The first-order chi connectivity index (χ1) is 7.56. The van der Waals surface area contributed by atoms with Crippen molar-refractivity contribution < 1.29 is 14.6 Å². The topological polar surface area (TPSA) is 49.8 Å². The van der Waals surface area contributed by atoms with Crippen molar-refractivity contribution >= 4 is 5.97 Å². The van der Waals surface area contributed by atoms with Crippen LogP contribution in [-0.4, -0.2) is 48.8 Å². The molecular formula is C12H23NO3. The zero-order valence-corrected chi connectivity index (χ0v) is 10.3. The minimum absolute atomic E-state index is 0.0412. The summed E-state index contributed by atoms with van der Waals surface area (Å²) in [5, 5.41) is 8.67. The third-order valence-corrected chi connectivity index (χ3v) is 2.14. The Morgan fingerprint density at radius 1 is 1.50 bits per heavy atom. The van der Waals surface area contributed by atoms with Crippen molar-refractivity contribution in [2.45, 2.75) is 20.3 Å². The number of ether oxygens (including phenoxy) is 1. The van der Waals surface area contributed by atoms with E-state index in [1.54, 1.807) is 11.0 Å². The van der Waals surface area contributed by atoms with E-state index in [1.807, 2.05) is 0 Å². The molecule has 0 atom stereocenters. The summed E-state index contributed by atoms with van der Waals surface area (Å²) in [6.07, 6.45) is 2.75. The molecule has 0 aromatic carbocycles. The zero-order chi connectivity index (χ0) is 12.4. The van der Waals surface area contributed by atoms with E-state index >= 15 is 0 Å². The van der Waals surface area contributed by atoms with E-state index in [2.05, 4.69) is 20.4 Å². The molecule has 0 radical (unpaired) electrons. The highest BCUT2D eigenvalue weighted by Crippen LogP contribution is 1.99. The van der Waals surface area contributed by atoms with E-state index in [-0.39, 0.29) is 6.54 Å². The standard InChI is InChI=1S/C12H23NO3/c1-4-6-13(10-12(14)15)7-9-16-8-5-11(2)3/h4,11H,1,5-10H2,2-3H3,(H,14,15). The van der Waals surface area contributed by atoms with Crippen molar-refractivity contribution in [1.82, 2.24) is 4.90 Å². The third-order valence-electron chi connectivity index (χ3n) is 2.14. The van der Waals surface area contributed by atoms with Gasteiger partial charge >= 0.3 is 5.97 Å². The molecule has 0 amide bonds. The van der Waals surface area contributed by atoms with Crippen LogP contribution in [0.4, 0.5) is 0 Å². The highest BCUT2D eigenvalue weighted by molar-refractivity contribution is 5.69.